The van der Waals surface area contributed by atoms with Gasteiger partial charge in [-0.25, -0.2) is 10.0 Å². The lowest BCUT2D eigenvalue weighted by molar-refractivity contribution is -0.730. The summed E-state index contributed by atoms with van der Waals surface area (Å²) in [7, 11) is 1.26. The third-order valence-corrected chi connectivity index (χ3v) is 1.92. The zero-order chi connectivity index (χ0) is 13.0. The topological polar surface area (TPSA) is 107 Å². The van der Waals surface area contributed by atoms with Crippen LogP contribution >= 0.6 is 0 Å². The minimum Gasteiger partial charge on any atom is -0.499 e. The lowest BCUT2D eigenvalue weighted by Crippen LogP contribution is -1.95. The van der Waals surface area contributed by atoms with E-state index in [4.69, 9.17) is 15.1 Å². The first kappa shape index (κ1) is 12.5. The van der Waals surface area contributed by atoms with Crippen molar-refractivity contribution in [3.63, 3.8) is 0 Å². The monoisotopic (exact) mass is 240 g/mol. The van der Waals surface area contributed by atoms with E-state index in [-0.39, 0.29) is 11.3 Å². The van der Waals surface area contributed by atoms with Crippen LogP contribution in [-0.2, 0) is 4.79 Å². The van der Waals surface area contributed by atoms with Crippen molar-refractivity contribution in [2.45, 2.75) is 0 Å². The average molecular weight is 240 g/mol. The van der Waals surface area contributed by atoms with Gasteiger partial charge in [0.05, 0.1) is 12.0 Å². The van der Waals surface area contributed by atoms with Crippen LogP contribution in [0.1, 0.15) is 5.56 Å². The van der Waals surface area contributed by atoms with Crippen LogP contribution in [-0.4, -0.2) is 33.4 Å². The maximum atomic E-state index is 10.7. The van der Waals surface area contributed by atoms with Gasteiger partial charge < -0.3 is 14.9 Å². The third-order valence-electron chi connectivity index (χ3n) is 1.92. The minimum absolute atomic E-state index is 0.0533. The highest BCUT2D eigenvalue weighted by atomic mass is 16.6. The van der Waals surface area contributed by atoms with Gasteiger partial charge in [-0.05, 0) is 17.7 Å². The summed E-state index contributed by atoms with van der Waals surface area (Å²) < 4.78 is 4.78. The van der Waals surface area contributed by atoms with Gasteiger partial charge >= 0.3 is 11.7 Å². The van der Waals surface area contributed by atoms with Crippen LogP contribution in [0.2, 0.25) is 0 Å². The number of carbonyl (C=O) groups is 1. The van der Waals surface area contributed by atoms with E-state index in [9.17, 15) is 14.8 Å². The maximum absolute atomic E-state index is 10.7. The molecule has 0 aliphatic heterocycles. The molecule has 1 aromatic carbocycles. The van der Waals surface area contributed by atoms with Crippen molar-refractivity contribution in [1.82, 2.24) is 0 Å². The molecule has 0 spiro atoms. The van der Waals surface area contributed by atoms with Gasteiger partial charge in [0.15, 0.2) is 5.75 Å². The van der Waals surface area contributed by atoms with Crippen LogP contribution in [0.15, 0.2) is 18.2 Å². The lowest BCUT2D eigenvalue weighted by Gasteiger charge is -2.03. The molecule has 0 atom stereocenters. The number of rotatable bonds is 4. The van der Waals surface area contributed by atoms with Gasteiger partial charge in [-0.15, -0.1) is 0 Å². The van der Waals surface area contributed by atoms with Crippen molar-refractivity contribution in [2.24, 2.45) is 0 Å². The van der Waals surface area contributed by atoms with Crippen molar-refractivity contribution >= 4 is 17.7 Å². The van der Waals surface area contributed by atoms with Gasteiger partial charge in [0.1, 0.15) is 0 Å². The largest absolute Gasteiger partial charge is 0.499 e. The van der Waals surface area contributed by atoms with Crippen LogP contribution in [0.5, 0.6) is 11.5 Å². The Balaban J connectivity index is 3.30. The highest BCUT2D eigenvalue weighted by Gasteiger charge is 2.23. The number of hydrogen-bond acceptors (Lipinski definition) is 4. The van der Waals surface area contributed by atoms with E-state index in [1.807, 2.05) is 0 Å². The first-order valence-electron chi connectivity index (χ1n) is 4.44. The fraction of sp³-hybridized carbons (Fsp3) is 0.100. The van der Waals surface area contributed by atoms with E-state index in [1.54, 1.807) is 0 Å². The predicted molar refractivity (Wildman–Crippen MR) is 56.4 cm³/mol. The second-order valence-electron chi connectivity index (χ2n) is 3.04. The lowest BCUT2D eigenvalue weighted by atomic mass is 10.1. The van der Waals surface area contributed by atoms with E-state index < -0.39 is 22.3 Å². The summed E-state index contributed by atoms with van der Waals surface area (Å²) in [6, 6.07) is 2.44. The number of ether oxygens (including phenoxy) is 1. The SMILES string of the molecule is COc1cc(/C=C/C(=O)O)cc([N+](=O)O)c1O. The number of phenolic OH excluding ortho intramolecular Hbond substituents is 1. The van der Waals surface area contributed by atoms with Gasteiger partial charge in [-0.1, -0.05) is 0 Å². The molecule has 0 fully saturated rings. The standard InChI is InChI=1S/C10H9NO6/c1-17-8-5-6(2-3-9(12)13)4-7(10(8)14)11(15)16/h2-5H,1H3,(H2-,12,13,14,15,16)/p+1/b3-2+. The molecule has 7 nitrogen and oxygen atoms in total. The maximum Gasteiger partial charge on any atom is 0.362 e. The molecule has 1 rings (SSSR count). The molecular weight excluding hydrogens is 230 g/mol. The van der Waals surface area contributed by atoms with Gasteiger partial charge in [0.2, 0.25) is 5.75 Å². The molecule has 0 radical (unpaired) electrons. The van der Waals surface area contributed by atoms with Crippen molar-refractivity contribution in [3.05, 3.63) is 28.7 Å². The zero-order valence-corrected chi connectivity index (χ0v) is 8.82. The van der Waals surface area contributed by atoms with Crippen LogP contribution in [0.25, 0.3) is 6.08 Å². The van der Waals surface area contributed by atoms with Gasteiger partial charge in [0.25, 0.3) is 4.92 Å². The van der Waals surface area contributed by atoms with Gasteiger partial charge in [-0.3, -0.25) is 0 Å². The molecule has 0 unspecified atom stereocenters. The number of carboxylic acids is 1. The van der Waals surface area contributed by atoms with E-state index in [0.717, 1.165) is 12.1 Å². The van der Waals surface area contributed by atoms with Gasteiger partial charge in [0, 0.05) is 12.1 Å². The molecule has 0 aliphatic rings. The molecule has 0 aliphatic carbocycles. The van der Waals surface area contributed by atoms with Crippen LogP contribution < -0.4 is 4.74 Å². The summed E-state index contributed by atoms with van der Waals surface area (Å²) in [6.45, 7) is 0. The Labute approximate surface area is 95.7 Å². The fourth-order valence-electron chi connectivity index (χ4n) is 1.18. The van der Waals surface area contributed by atoms with Crippen molar-refractivity contribution in [2.75, 3.05) is 7.11 Å². The Kier molecular flexibility index (Phi) is 3.66. The summed E-state index contributed by atoms with van der Waals surface area (Å²) in [5.74, 6) is -1.75. The molecule has 3 N–H and O–H groups in total. The van der Waals surface area contributed by atoms with Crippen molar-refractivity contribution < 1.29 is 29.9 Å². The number of aliphatic carboxylic acids is 1. The highest BCUT2D eigenvalue weighted by Crippen LogP contribution is 2.36. The van der Waals surface area contributed by atoms with Crippen LogP contribution in [0.3, 0.4) is 0 Å². The first-order valence-corrected chi connectivity index (χ1v) is 4.44. The molecule has 7 heteroatoms. The molecule has 90 valence electrons. The quantitative estimate of drug-likeness (QED) is 0.540. The number of benzene rings is 1. The normalized spacial score (nSPS) is 10.4. The summed E-state index contributed by atoms with van der Waals surface area (Å²) in [5.41, 5.74) is -0.152. The first-order chi connectivity index (χ1) is 7.95. The second-order valence-corrected chi connectivity index (χ2v) is 3.04. The third kappa shape index (κ3) is 2.94. The fourth-order valence-corrected chi connectivity index (χ4v) is 1.18. The molecular formula is C10H10NO6+. The molecule has 0 amide bonds. The van der Waals surface area contributed by atoms with Gasteiger partial charge in [-0.2, -0.15) is 0 Å². The smallest absolute Gasteiger partial charge is 0.362 e. The summed E-state index contributed by atoms with van der Waals surface area (Å²) in [4.78, 5) is 20.5. The zero-order valence-electron chi connectivity index (χ0n) is 8.82. The number of methoxy groups -OCH3 is 1. The number of hydrogen-bond donors (Lipinski definition) is 3. The Morgan fingerprint density at radius 1 is 1.47 bits per heavy atom. The van der Waals surface area contributed by atoms with Crippen molar-refractivity contribution in [1.29, 1.82) is 0 Å². The predicted octanol–water partition coefficient (Wildman–Crippen LogP) is 1.30. The molecule has 0 saturated carbocycles. The molecule has 1 aromatic rings. The van der Waals surface area contributed by atoms with E-state index in [0.29, 0.717) is 0 Å². The van der Waals surface area contributed by atoms with E-state index in [1.165, 1.54) is 19.3 Å². The van der Waals surface area contributed by atoms with Crippen LogP contribution in [0, 0.1) is 4.91 Å². The molecule has 0 bridgehead atoms. The molecule has 0 saturated heterocycles. The highest BCUT2D eigenvalue weighted by molar-refractivity contribution is 5.85. The number of aromatic hydroxyl groups is 1. The Bertz CT molecular complexity index is 494. The number of carboxylic acid groups (broad SMARTS) is 1. The molecule has 0 heterocycles. The summed E-state index contributed by atoms with van der Waals surface area (Å²) in [6.07, 6.45) is 2.04. The van der Waals surface area contributed by atoms with E-state index in [2.05, 4.69) is 0 Å². The minimum atomic E-state index is -1.17. The summed E-state index contributed by atoms with van der Waals surface area (Å²) in [5, 5.41) is 26.7. The van der Waals surface area contributed by atoms with E-state index >= 15 is 0 Å². The molecule has 17 heavy (non-hydrogen) atoms. The Morgan fingerprint density at radius 2 is 2.12 bits per heavy atom. The second kappa shape index (κ2) is 4.97. The number of phenols is 1. The average Bonchev–Trinajstić information content (AvgIpc) is 2.27. The molecule has 0 aromatic heterocycles. The van der Waals surface area contributed by atoms with Crippen molar-refractivity contribution in [3.8, 4) is 11.5 Å². The Morgan fingerprint density at radius 3 is 2.59 bits per heavy atom. The van der Waals surface area contributed by atoms with Crippen LogP contribution in [0.4, 0.5) is 5.69 Å². The Hall–Kier alpha value is -2.57. The summed E-state index contributed by atoms with van der Waals surface area (Å²) >= 11 is 0. The number of nitrogens with zero attached hydrogens (tertiary/aromatic N) is 1.